The Balaban J connectivity index is 2.02. The third kappa shape index (κ3) is 3.91. The van der Waals surface area contributed by atoms with Gasteiger partial charge in [-0.2, -0.15) is 0 Å². The number of nitrogens with one attached hydrogen (secondary N) is 1. The molecule has 116 valence electrons. The molecule has 5 heteroatoms. The minimum absolute atomic E-state index is 0.0996. The van der Waals surface area contributed by atoms with Crippen LogP contribution in [0.1, 0.15) is 5.56 Å². The SMILES string of the molecule is COc1ccc(NC(=O)Cc2ccc(OC)c(OC)c2)cc1. The lowest BCUT2D eigenvalue weighted by molar-refractivity contribution is -0.115. The molecule has 0 fully saturated rings. The molecular weight excluding hydrogens is 282 g/mol. The summed E-state index contributed by atoms with van der Waals surface area (Å²) in [5.41, 5.74) is 1.58. The molecule has 0 spiro atoms. The van der Waals surface area contributed by atoms with Gasteiger partial charge in [0.1, 0.15) is 5.75 Å². The van der Waals surface area contributed by atoms with Gasteiger partial charge in [-0.15, -0.1) is 0 Å². The monoisotopic (exact) mass is 301 g/mol. The predicted octanol–water partition coefficient (Wildman–Crippen LogP) is 2.89. The summed E-state index contributed by atoms with van der Waals surface area (Å²) < 4.78 is 15.5. The Hall–Kier alpha value is -2.69. The Morgan fingerprint density at radius 1 is 0.909 bits per heavy atom. The predicted molar refractivity (Wildman–Crippen MR) is 84.9 cm³/mol. The van der Waals surface area contributed by atoms with E-state index in [1.807, 2.05) is 6.07 Å². The number of hydrogen-bond donors (Lipinski definition) is 1. The maximum Gasteiger partial charge on any atom is 0.228 e. The average Bonchev–Trinajstić information content (AvgIpc) is 2.55. The smallest absolute Gasteiger partial charge is 0.228 e. The Bertz CT molecular complexity index is 638. The van der Waals surface area contributed by atoms with Crippen LogP contribution >= 0.6 is 0 Å². The summed E-state index contributed by atoms with van der Waals surface area (Å²) in [6.07, 6.45) is 0.256. The van der Waals surface area contributed by atoms with Crippen LogP contribution in [0, 0.1) is 0 Å². The number of ether oxygens (including phenoxy) is 3. The summed E-state index contributed by atoms with van der Waals surface area (Å²) in [6.45, 7) is 0. The Morgan fingerprint density at radius 3 is 2.18 bits per heavy atom. The molecule has 2 rings (SSSR count). The molecule has 0 atom stereocenters. The molecule has 0 aliphatic rings. The van der Waals surface area contributed by atoms with Gasteiger partial charge in [-0.05, 0) is 42.0 Å². The zero-order valence-corrected chi connectivity index (χ0v) is 12.9. The highest BCUT2D eigenvalue weighted by Crippen LogP contribution is 2.27. The average molecular weight is 301 g/mol. The normalized spacial score (nSPS) is 9.95. The Labute approximate surface area is 129 Å². The highest BCUT2D eigenvalue weighted by Gasteiger charge is 2.08. The van der Waals surface area contributed by atoms with Crippen molar-refractivity contribution < 1.29 is 19.0 Å². The van der Waals surface area contributed by atoms with E-state index in [-0.39, 0.29) is 12.3 Å². The van der Waals surface area contributed by atoms with Gasteiger partial charge in [0, 0.05) is 5.69 Å². The van der Waals surface area contributed by atoms with E-state index < -0.39 is 0 Å². The largest absolute Gasteiger partial charge is 0.497 e. The van der Waals surface area contributed by atoms with Crippen molar-refractivity contribution in [1.29, 1.82) is 0 Å². The summed E-state index contributed by atoms with van der Waals surface area (Å²) in [5.74, 6) is 1.90. The summed E-state index contributed by atoms with van der Waals surface area (Å²) >= 11 is 0. The molecule has 0 unspecified atom stereocenters. The molecule has 0 aromatic heterocycles. The van der Waals surface area contributed by atoms with Crippen molar-refractivity contribution in [1.82, 2.24) is 0 Å². The first kappa shape index (κ1) is 15.7. The third-order valence-corrected chi connectivity index (χ3v) is 3.19. The van der Waals surface area contributed by atoms with Crippen LogP contribution in [-0.2, 0) is 11.2 Å². The molecule has 0 saturated carbocycles. The maximum absolute atomic E-state index is 12.1. The molecule has 0 saturated heterocycles. The number of rotatable bonds is 6. The van der Waals surface area contributed by atoms with E-state index in [2.05, 4.69) is 5.32 Å². The first-order chi connectivity index (χ1) is 10.7. The van der Waals surface area contributed by atoms with Gasteiger partial charge in [0.15, 0.2) is 11.5 Å². The Morgan fingerprint density at radius 2 is 1.59 bits per heavy atom. The van der Waals surface area contributed by atoms with Gasteiger partial charge < -0.3 is 19.5 Å². The molecule has 1 amide bonds. The van der Waals surface area contributed by atoms with Crippen molar-refractivity contribution in [3.63, 3.8) is 0 Å². The lowest BCUT2D eigenvalue weighted by atomic mass is 10.1. The van der Waals surface area contributed by atoms with Crippen LogP contribution in [0.15, 0.2) is 42.5 Å². The van der Waals surface area contributed by atoms with Crippen molar-refractivity contribution in [2.75, 3.05) is 26.6 Å². The standard InChI is InChI=1S/C17H19NO4/c1-20-14-7-5-13(6-8-14)18-17(19)11-12-4-9-15(21-2)16(10-12)22-3/h4-10H,11H2,1-3H3,(H,18,19). The van der Waals surface area contributed by atoms with Gasteiger partial charge in [-0.1, -0.05) is 6.07 Å². The molecule has 0 aliphatic carbocycles. The van der Waals surface area contributed by atoms with E-state index in [4.69, 9.17) is 14.2 Å². The molecule has 5 nitrogen and oxygen atoms in total. The van der Waals surface area contributed by atoms with Crippen molar-refractivity contribution in [2.24, 2.45) is 0 Å². The topological polar surface area (TPSA) is 56.8 Å². The van der Waals surface area contributed by atoms with Crippen molar-refractivity contribution in [3.05, 3.63) is 48.0 Å². The molecule has 2 aromatic rings. The summed E-state index contributed by atoms with van der Waals surface area (Å²) in [6, 6.07) is 12.6. The first-order valence-electron chi connectivity index (χ1n) is 6.81. The van der Waals surface area contributed by atoms with Crippen LogP contribution in [-0.4, -0.2) is 27.2 Å². The lowest BCUT2D eigenvalue weighted by Crippen LogP contribution is -2.14. The number of carbonyl (C=O) groups excluding carboxylic acids is 1. The van der Waals surface area contributed by atoms with Crippen molar-refractivity contribution in [3.8, 4) is 17.2 Å². The van der Waals surface area contributed by atoms with Gasteiger partial charge in [0.2, 0.25) is 5.91 Å². The van der Waals surface area contributed by atoms with E-state index in [1.54, 1.807) is 57.7 Å². The minimum Gasteiger partial charge on any atom is -0.497 e. The molecule has 0 radical (unpaired) electrons. The van der Waals surface area contributed by atoms with Gasteiger partial charge in [0.25, 0.3) is 0 Å². The van der Waals surface area contributed by atoms with Crippen LogP contribution < -0.4 is 19.5 Å². The van der Waals surface area contributed by atoms with E-state index in [1.165, 1.54) is 0 Å². The van der Waals surface area contributed by atoms with Crippen LogP contribution in [0.5, 0.6) is 17.2 Å². The van der Waals surface area contributed by atoms with Gasteiger partial charge >= 0.3 is 0 Å². The second-order valence-electron chi connectivity index (χ2n) is 4.64. The zero-order chi connectivity index (χ0) is 15.9. The summed E-state index contributed by atoms with van der Waals surface area (Å²) in [5, 5.41) is 2.84. The fourth-order valence-corrected chi connectivity index (χ4v) is 2.06. The summed E-state index contributed by atoms with van der Waals surface area (Å²) in [4.78, 5) is 12.1. The fraction of sp³-hybridized carbons (Fsp3) is 0.235. The van der Waals surface area contributed by atoms with E-state index >= 15 is 0 Å². The minimum atomic E-state index is -0.0996. The molecule has 1 N–H and O–H groups in total. The number of carbonyl (C=O) groups is 1. The van der Waals surface area contributed by atoms with E-state index in [0.717, 1.165) is 17.0 Å². The number of anilines is 1. The third-order valence-electron chi connectivity index (χ3n) is 3.19. The zero-order valence-electron chi connectivity index (χ0n) is 12.9. The van der Waals surface area contributed by atoms with Crippen LogP contribution in [0.3, 0.4) is 0 Å². The number of methoxy groups -OCH3 is 3. The molecular formula is C17H19NO4. The quantitative estimate of drug-likeness (QED) is 0.891. The Kier molecular flexibility index (Phi) is 5.25. The molecule has 2 aromatic carbocycles. The highest BCUT2D eigenvalue weighted by molar-refractivity contribution is 5.92. The number of benzene rings is 2. The maximum atomic E-state index is 12.1. The van der Waals surface area contributed by atoms with E-state index in [0.29, 0.717) is 11.5 Å². The second kappa shape index (κ2) is 7.36. The van der Waals surface area contributed by atoms with Crippen LogP contribution in [0.2, 0.25) is 0 Å². The van der Waals surface area contributed by atoms with Crippen LogP contribution in [0.25, 0.3) is 0 Å². The van der Waals surface area contributed by atoms with Gasteiger partial charge in [-0.25, -0.2) is 0 Å². The van der Waals surface area contributed by atoms with Gasteiger partial charge in [-0.3, -0.25) is 4.79 Å². The van der Waals surface area contributed by atoms with Crippen molar-refractivity contribution in [2.45, 2.75) is 6.42 Å². The molecule has 0 heterocycles. The lowest BCUT2D eigenvalue weighted by Gasteiger charge is -2.10. The highest BCUT2D eigenvalue weighted by atomic mass is 16.5. The molecule has 0 bridgehead atoms. The second-order valence-corrected chi connectivity index (χ2v) is 4.64. The number of amides is 1. The van der Waals surface area contributed by atoms with Gasteiger partial charge in [0.05, 0.1) is 27.8 Å². The molecule has 22 heavy (non-hydrogen) atoms. The molecule has 0 aliphatic heterocycles. The number of hydrogen-bond acceptors (Lipinski definition) is 4. The summed E-state index contributed by atoms with van der Waals surface area (Å²) in [7, 11) is 4.75. The van der Waals surface area contributed by atoms with E-state index in [9.17, 15) is 4.79 Å². The van der Waals surface area contributed by atoms with Crippen molar-refractivity contribution >= 4 is 11.6 Å². The first-order valence-corrected chi connectivity index (χ1v) is 6.81. The fourth-order valence-electron chi connectivity index (χ4n) is 2.06. The van der Waals surface area contributed by atoms with Crippen LogP contribution in [0.4, 0.5) is 5.69 Å².